The van der Waals surface area contributed by atoms with Crippen molar-refractivity contribution < 1.29 is 0 Å². The summed E-state index contributed by atoms with van der Waals surface area (Å²) >= 11 is 6.05. The van der Waals surface area contributed by atoms with Crippen molar-refractivity contribution >= 4 is 17.7 Å². The Morgan fingerprint density at radius 1 is 1.46 bits per heavy atom. The molecule has 0 unspecified atom stereocenters. The monoisotopic (exact) mass is 192 g/mol. The van der Waals surface area contributed by atoms with Crippen molar-refractivity contribution in [3.05, 3.63) is 46.7 Å². The Kier molecular flexibility index (Phi) is 3.36. The zero-order chi connectivity index (χ0) is 9.84. The van der Waals surface area contributed by atoms with E-state index >= 15 is 0 Å². The molecule has 0 atom stereocenters. The molecule has 0 aromatic heterocycles. The minimum atomic E-state index is 0.513. The molecule has 0 saturated heterocycles. The van der Waals surface area contributed by atoms with Crippen LogP contribution in [0.5, 0.6) is 0 Å². The summed E-state index contributed by atoms with van der Waals surface area (Å²) in [7, 11) is 0. The molecule has 13 heavy (non-hydrogen) atoms. The van der Waals surface area contributed by atoms with Gasteiger partial charge < -0.3 is 0 Å². The smallest absolute Gasteiger partial charge is 0.0487 e. The number of hydrogen-bond acceptors (Lipinski definition) is 0. The zero-order valence-corrected chi connectivity index (χ0v) is 8.73. The minimum Gasteiger partial charge on any atom is -0.128 e. The molecular weight excluding hydrogens is 180 g/mol. The normalized spacial score (nSPS) is 9.85. The molecule has 0 N–H and O–H groups in total. The Morgan fingerprint density at radius 3 is 2.62 bits per heavy atom. The van der Waals surface area contributed by atoms with Gasteiger partial charge >= 0.3 is 0 Å². The number of rotatable bonds is 2. The lowest BCUT2D eigenvalue weighted by Crippen LogP contribution is -1.87. The van der Waals surface area contributed by atoms with Gasteiger partial charge in [0, 0.05) is 10.6 Å². The average molecular weight is 193 g/mol. The third-order valence-corrected chi connectivity index (χ3v) is 2.28. The van der Waals surface area contributed by atoms with Crippen molar-refractivity contribution in [1.82, 2.24) is 0 Å². The van der Waals surface area contributed by atoms with Crippen LogP contribution in [0, 0.1) is 0 Å². The van der Waals surface area contributed by atoms with Gasteiger partial charge in [-0.05, 0) is 23.6 Å². The van der Waals surface area contributed by atoms with Crippen molar-refractivity contribution in [3.8, 4) is 0 Å². The molecular formula is C12H13Cl. The van der Waals surface area contributed by atoms with E-state index in [1.807, 2.05) is 12.1 Å². The van der Waals surface area contributed by atoms with E-state index in [4.69, 9.17) is 11.6 Å². The summed E-state index contributed by atoms with van der Waals surface area (Å²) in [4.78, 5) is 0. The highest BCUT2D eigenvalue weighted by Crippen LogP contribution is 2.23. The third kappa shape index (κ3) is 2.48. The van der Waals surface area contributed by atoms with Crippen molar-refractivity contribution in [2.75, 3.05) is 0 Å². The second kappa shape index (κ2) is 4.32. The van der Waals surface area contributed by atoms with Gasteiger partial charge in [0.2, 0.25) is 0 Å². The molecule has 0 fully saturated rings. The summed E-state index contributed by atoms with van der Waals surface area (Å²) in [6.07, 6.45) is 1.78. The molecule has 0 bridgehead atoms. The lowest BCUT2D eigenvalue weighted by molar-refractivity contribution is 0.866. The van der Waals surface area contributed by atoms with Crippen LogP contribution in [0.4, 0.5) is 0 Å². The quantitative estimate of drug-likeness (QED) is 0.615. The van der Waals surface area contributed by atoms with Gasteiger partial charge in [-0.25, -0.2) is 0 Å². The maximum atomic E-state index is 6.05. The molecule has 0 amide bonds. The van der Waals surface area contributed by atoms with Gasteiger partial charge in [0.1, 0.15) is 0 Å². The van der Waals surface area contributed by atoms with E-state index in [1.54, 1.807) is 6.08 Å². The van der Waals surface area contributed by atoms with E-state index in [0.717, 1.165) is 10.6 Å². The van der Waals surface area contributed by atoms with E-state index in [1.165, 1.54) is 5.56 Å². The summed E-state index contributed by atoms with van der Waals surface area (Å²) in [5, 5.41) is 0.766. The van der Waals surface area contributed by atoms with Gasteiger partial charge in [0.25, 0.3) is 0 Å². The fourth-order valence-electron chi connectivity index (χ4n) is 1.13. The van der Waals surface area contributed by atoms with E-state index in [2.05, 4.69) is 32.2 Å². The SMILES string of the molecule is C=C=Cc1ccc(C(C)C)cc1Cl. The molecule has 0 heterocycles. The Bertz CT molecular complexity index is 344. The number of halogens is 1. The first kappa shape index (κ1) is 10.1. The van der Waals surface area contributed by atoms with Gasteiger partial charge in [-0.15, -0.1) is 5.73 Å². The average Bonchev–Trinajstić information content (AvgIpc) is 2.08. The predicted molar refractivity (Wildman–Crippen MR) is 59.1 cm³/mol. The topological polar surface area (TPSA) is 0 Å². The predicted octanol–water partition coefficient (Wildman–Crippen LogP) is 4.26. The lowest BCUT2D eigenvalue weighted by Gasteiger charge is -2.06. The highest BCUT2D eigenvalue weighted by molar-refractivity contribution is 6.32. The zero-order valence-electron chi connectivity index (χ0n) is 7.97. The maximum absolute atomic E-state index is 6.05. The van der Waals surface area contributed by atoms with Crippen LogP contribution in [0.1, 0.15) is 30.9 Å². The molecule has 0 aliphatic carbocycles. The first-order valence-electron chi connectivity index (χ1n) is 4.30. The molecule has 68 valence electrons. The van der Waals surface area contributed by atoms with Crippen LogP contribution in [0.2, 0.25) is 5.02 Å². The van der Waals surface area contributed by atoms with Gasteiger partial charge in [-0.1, -0.05) is 44.2 Å². The highest BCUT2D eigenvalue weighted by Gasteiger charge is 2.01. The van der Waals surface area contributed by atoms with Gasteiger partial charge in [0.15, 0.2) is 0 Å². The van der Waals surface area contributed by atoms with E-state index in [9.17, 15) is 0 Å². The van der Waals surface area contributed by atoms with Crippen LogP contribution in [0.25, 0.3) is 6.08 Å². The summed E-state index contributed by atoms with van der Waals surface area (Å²) in [6.45, 7) is 7.81. The summed E-state index contributed by atoms with van der Waals surface area (Å²) < 4.78 is 0. The molecule has 0 radical (unpaired) electrons. The number of hydrogen-bond donors (Lipinski definition) is 0. The summed E-state index contributed by atoms with van der Waals surface area (Å²) in [5.41, 5.74) is 4.94. The van der Waals surface area contributed by atoms with E-state index in [0.29, 0.717) is 5.92 Å². The fourth-order valence-corrected chi connectivity index (χ4v) is 1.37. The van der Waals surface area contributed by atoms with Crippen LogP contribution < -0.4 is 0 Å². The Balaban J connectivity index is 3.12. The van der Waals surface area contributed by atoms with E-state index in [-0.39, 0.29) is 0 Å². The first-order valence-corrected chi connectivity index (χ1v) is 4.68. The molecule has 0 spiro atoms. The molecule has 1 aromatic carbocycles. The van der Waals surface area contributed by atoms with Crippen molar-refractivity contribution in [3.63, 3.8) is 0 Å². The molecule has 0 aliphatic heterocycles. The fraction of sp³-hybridized carbons (Fsp3) is 0.250. The Morgan fingerprint density at radius 2 is 2.15 bits per heavy atom. The largest absolute Gasteiger partial charge is 0.128 e. The van der Waals surface area contributed by atoms with Crippen molar-refractivity contribution in [2.45, 2.75) is 19.8 Å². The third-order valence-electron chi connectivity index (χ3n) is 1.95. The van der Waals surface area contributed by atoms with Gasteiger partial charge in [0.05, 0.1) is 0 Å². The first-order chi connectivity index (χ1) is 6.15. The van der Waals surface area contributed by atoms with E-state index < -0.39 is 0 Å². The second-order valence-corrected chi connectivity index (χ2v) is 3.69. The van der Waals surface area contributed by atoms with Crippen LogP contribution >= 0.6 is 11.6 Å². The lowest BCUT2D eigenvalue weighted by atomic mass is 10.0. The van der Waals surface area contributed by atoms with Crippen LogP contribution in [0.3, 0.4) is 0 Å². The Hall–Kier alpha value is -0.970. The standard InChI is InChI=1S/C12H13Cl/c1-4-5-10-6-7-11(9(2)3)8-12(10)13/h5-9H,1H2,2-3H3. The van der Waals surface area contributed by atoms with Crippen LogP contribution in [0.15, 0.2) is 30.5 Å². The molecule has 0 saturated carbocycles. The summed E-state index contributed by atoms with van der Waals surface area (Å²) in [5.74, 6) is 0.513. The molecule has 1 aromatic rings. The van der Waals surface area contributed by atoms with Gasteiger partial charge in [-0.3, -0.25) is 0 Å². The Labute approximate surface area is 84.5 Å². The molecule has 0 aliphatic rings. The maximum Gasteiger partial charge on any atom is 0.0487 e. The number of benzene rings is 1. The van der Waals surface area contributed by atoms with Crippen LogP contribution in [-0.4, -0.2) is 0 Å². The summed E-state index contributed by atoms with van der Waals surface area (Å²) in [6, 6.07) is 6.07. The highest BCUT2D eigenvalue weighted by atomic mass is 35.5. The van der Waals surface area contributed by atoms with Crippen molar-refractivity contribution in [2.24, 2.45) is 0 Å². The van der Waals surface area contributed by atoms with Gasteiger partial charge in [-0.2, -0.15) is 0 Å². The van der Waals surface area contributed by atoms with Crippen molar-refractivity contribution in [1.29, 1.82) is 0 Å². The molecule has 1 rings (SSSR count). The minimum absolute atomic E-state index is 0.513. The molecule has 0 nitrogen and oxygen atoms in total. The molecule has 1 heteroatoms. The second-order valence-electron chi connectivity index (χ2n) is 3.28. The van der Waals surface area contributed by atoms with Crippen LogP contribution in [-0.2, 0) is 0 Å².